The number of carbonyl (C=O) groups excluding carboxylic acids is 2. The van der Waals surface area contributed by atoms with E-state index in [1.165, 1.54) is 0 Å². The van der Waals surface area contributed by atoms with E-state index < -0.39 is 43.3 Å². The standard InChI is InChI=1S/C17H14F2N4O2/c18-17(19)7-13(8-20)23(10-17)15(24)9-22-16(25)12-3-4-14-11(6-12)2-1-5-21-14/h1-6,13H,7,9-10H2,(H,22,25)/t13-/m0/s1. The van der Waals surface area contributed by atoms with Gasteiger partial charge in [-0.1, -0.05) is 6.07 Å². The number of likely N-dealkylation sites (tertiary alicyclic amines) is 1. The van der Waals surface area contributed by atoms with Crippen molar-refractivity contribution in [3.8, 4) is 6.07 Å². The molecule has 0 unspecified atom stereocenters. The van der Waals surface area contributed by atoms with Gasteiger partial charge in [-0.25, -0.2) is 8.78 Å². The zero-order valence-electron chi connectivity index (χ0n) is 13.1. The lowest BCUT2D eigenvalue weighted by molar-refractivity contribution is -0.131. The summed E-state index contributed by atoms with van der Waals surface area (Å²) in [6.45, 7) is -1.25. The van der Waals surface area contributed by atoms with E-state index in [0.29, 0.717) is 5.56 Å². The molecule has 2 amide bonds. The second-order valence-electron chi connectivity index (χ2n) is 5.82. The van der Waals surface area contributed by atoms with Crippen LogP contribution < -0.4 is 5.32 Å². The summed E-state index contributed by atoms with van der Waals surface area (Å²) in [4.78, 5) is 29.2. The van der Waals surface area contributed by atoms with Crippen molar-refractivity contribution in [2.45, 2.75) is 18.4 Å². The van der Waals surface area contributed by atoms with Crippen LogP contribution in [0.3, 0.4) is 0 Å². The number of aromatic nitrogens is 1. The van der Waals surface area contributed by atoms with Gasteiger partial charge in [0.2, 0.25) is 5.91 Å². The molecule has 1 aliphatic heterocycles. The Morgan fingerprint density at radius 3 is 2.96 bits per heavy atom. The minimum atomic E-state index is -3.08. The Kier molecular flexibility index (Phi) is 4.31. The van der Waals surface area contributed by atoms with E-state index in [2.05, 4.69) is 10.3 Å². The van der Waals surface area contributed by atoms with Crippen LogP contribution in [0.15, 0.2) is 36.5 Å². The Hall–Kier alpha value is -3.08. The molecule has 0 aliphatic carbocycles. The van der Waals surface area contributed by atoms with Crippen molar-refractivity contribution in [2.24, 2.45) is 0 Å². The topological polar surface area (TPSA) is 86.1 Å². The molecule has 0 radical (unpaired) electrons. The Morgan fingerprint density at radius 2 is 2.20 bits per heavy atom. The molecular formula is C17H14F2N4O2. The summed E-state index contributed by atoms with van der Waals surface area (Å²) in [7, 11) is 0. The summed E-state index contributed by atoms with van der Waals surface area (Å²) in [6.07, 6.45) is 0.957. The van der Waals surface area contributed by atoms with Gasteiger partial charge in [-0.3, -0.25) is 14.6 Å². The zero-order valence-corrected chi connectivity index (χ0v) is 13.1. The number of carbonyl (C=O) groups is 2. The Morgan fingerprint density at radius 1 is 1.40 bits per heavy atom. The number of halogens is 2. The van der Waals surface area contributed by atoms with E-state index in [-0.39, 0.29) is 0 Å². The van der Waals surface area contributed by atoms with Gasteiger partial charge in [-0.05, 0) is 24.3 Å². The lowest BCUT2D eigenvalue weighted by Gasteiger charge is -2.19. The second-order valence-corrected chi connectivity index (χ2v) is 5.82. The first-order chi connectivity index (χ1) is 11.9. The fourth-order valence-electron chi connectivity index (χ4n) is 2.77. The molecule has 1 aromatic heterocycles. The van der Waals surface area contributed by atoms with Crippen LogP contribution in [0, 0.1) is 11.3 Å². The Bertz CT molecular complexity index is 878. The summed E-state index contributed by atoms with van der Waals surface area (Å²) in [5, 5.41) is 12.1. The van der Waals surface area contributed by atoms with Gasteiger partial charge in [-0.15, -0.1) is 0 Å². The number of hydrogen-bond acceptors (Lipinski definition) is 4. The number of nitrogens with one attached hydrogen (secondary N) is 1. The zero-order chi connectivity index (χ0) is 18.0. The SMILES string of the molecule is N#C[C@@H]1CC(F)(F)CN1C(=O)CNC(=O)c1ccc2ncccc2c1. The molecule has 2 heterocycles. The molecule has 25 heavy (non-hydrogen) atoms. The van der Waals surface area contributed by atoms with Crippen LogP contribution in [0.25, 0.3) is 10.9 Å². The van der Waals surface area contributed by atoms with Gasteiger partial charge in [0.1, 0.15) is 6.04 Å². The van der Waals surface area contributed by atoms with Crippen LogP contribution in [0.5, 0.6) is 0 Å². The molecule has 1 saturated heterocycles. The van der Waals surface area contributed by atoms with E-state index in [1.54, 1.807) is 42.6 Å². The van der Waals surface area contributed by atoms with Gasteiger partial charge in [0, 0.05) is 23.6 Å². The van der Waals surface area contributed by atoms with E-state index >= 15 is 0 Å². The molecule has 6 nitrogen and oxygen atoms in total. The summed E-state index contributed by atoms with van der Waals surface area (Å²) < 4.78 is 26.7. The molecular weight excluding hydrogens is 330 g/mol. The number of alkyl halides is 2. The molecule has 1 atom stereocenters. The van der Waals surface area contributed by atoms with Gasteiger partial charge in [0.05, 0.1) is 24.7 Å². The highest BCUT2D eigenvalue weighted by molar-refractivity contribution is 5.99. The molecule has 1 N–H and O–H groups in total. The van der Waals surface area contributed by atoms with Gasteiger partial charge < -0.3 is 10.2 Å². The molecule has 0 spiro atoms. The van der Waals surface area contributed by atoms with Crippen molar-refractivity contribution in [3.63, 3.8) is 0 Å². The highest BCUT2D eigenvalue weighted by Gasteiger charge is 2.47. The number of amides is 2. The van der Waals surface area contributed by atoms with Crippen molar-refractivity contribution in [1.29, 1.82) is 5.26 Å². The maximum atomic E-state index is 13.4. The molecule has 3 rings (SSSR count). The van der Waals surface area contributed by atoms with Gasteiger partial charge in [-0.2, -0.15) is 5.26 Å². The molecule has 1 fully saturated rings. The third kappa shape index (κ3) is 3.55. The van der Waals surface area contributed by atoms with Gasteiger partial charge in [0.25, 0.3) is 11.8 Å². The quantitative estimate of drug-likeness (QED) is 0.919. The van der Waals surface area contributed by atoms with Crippen molar-refractivity contribution in [3.05, 3.63) is 42.1 Å². The summed E-state index contributed by atoms with van der Waals surface area (Å²) >= 11 is 0. The van der Waals surface area contributed by atoms with E-state index in [4.69, 9.17) is 5.26 Å². The molecule has 8 heteroatoms. The van der Waals surface area contributed by atoms with Crippen molar-refractivity contribution in [2.75, 3.05) is 13.1 Å². The number of fused-ring (bicyclic) bond motifs is 1. The fraction of sp³-hybridized carbons (Fsp3) is 0.294. The maximum Gasteiger partial charge on any atom is 0.268 e. The monoisotopic (exact) mass is 344 g/mol. The number of hydrogen-bond donors (Lipinski definition) is 1. The summed E-state index contributed by atoms with van der Waals surface area (Å²) in [6, 6.07) is 8.93. The van der Waals surface area contributed by atoms with Crippen LogP contribution in [-0.2, 0) is 4.79 Å². The highest BCUT2D eigenvalue weighted by Crippen LogP contribution is 2.31. The molecule has 2 aromatic rings. The van der Waals surface area contributed by atoms with Crippen molar-refractivity contribution < 1.29 is 18.4 Å². The van der Waals surface area contributed by atoms with Gasteiger partial charge in [0.15, 0.2) is 0 Å². The predicted molar refractivity (Wildman–Crippen MR) is 84.8 cm³/mol. The first kappa shape index (κ1) is 16.8. The van der Waals surface area contributed by atoms with Crippen LogP contribution >= 0.6 is 0 Å². The number of benzene rings is 1. The van der Waals surface area contributed by atoms with Gasteiger partial charge >= 0.3 is 0 Å². The predicted octanol–water partition coefficient (Wildman–Crippen LogP) is 1.72. The lowest BCUT2D eigenvalue weighted by Crippen LogP contribution is -2.42. The number of rotatable bonds is 3. The van der Waals surface area contributed by atoms with Crippen molar-refractivity contribution >= 4 is 22.7 Å². The number of pyridine rings is 1. The van der Waals surface area contributed by atoms with Crippen LogP contribution in [0.4, 0.5) is 8.78 Å². The van der Waals surface area contributed by atoms with Crippen LogP contribution in [0.1, 0.15) is 16.8 Å². The average Bonchev–Trinajstić information content (AvgIpc) is 2.93. The largest absolute Gasteiger partial charge is 0.343 e. The summed E-state index contributed by atoms with van der Waals surface area (Å²) in [5.74, 6) is -4.29. The van der Waals surface area contributed by atoms with E-state index in [1.807, 2.05) is 0 Å². The molecule has 0 bridgehead atoms. The normalized spacial score (nSPS) is 18.8. The fourth-order valence-corrected chi connectivity index (χ4v) is 2.77. The maximum absolute atomic E-state index is 13.4. The molecule has 1 aliphatic rings. The minimum Gasteiger partial charge on any atom is -0.343 e. The second kappa shape index (κ2) is 6.43. The van der Waals surface area contributed by atoms with Crippen molar-refractivity contribution in [1.82, 2.24) is 15.2 Å². The third-order valence-corrected chi connectivity index (χ3v) is 4.00. The highest BCUT2D eigenvalue weighted by atomic mass is 19.3. The smallest absolute Gasteiger partial charge is 0.268 e. The molecule has 1 aromatic carbocycles. The van der Waals surface area contributed by atoms with E-state index in [9.17, 15) is 18.4 Å². The Balaban J connectivity index is 1.65. The molecule has 0 saturated carbocycles. The number of nitrogens with zero attached hydrogens (tertiary/aromatic N) is 3. The first-order valence-corrected chi connectivity index (χ1v) is 7.59. The number of nitriles is 1. The average molecular weight is 344 g/mol. The van der Waals surface area contributed by atoms with Crippen LogP contribution in [-0.4, -0.2) is 46.8 Å². The van der Waals surface area contributed by atoms with Crippen LogP contribution in [0.2, 0.25) is 0 Å². The minimum absolute atomic E-state index is 0.330. The first-order valence-electron chi connectivity index (χ1n) is 7.59. The lowest BCUT2D eigenvalue weighted by atomic mass is 10.1. The molecule has 128 valence electrons. The Labute approximate surface area is 142 Å². The summed E-state index contributed by atoms with van der Waals surface area (Å²) in [5.41, 5.74) is 1.06. The van der Waals surface area contributed by atoms with E-state index in [0.717, 1.165) is 15.8 Å². The third-order valence-electron chi connectivity index (χ3n) is 4.00.